The van der Waals surface area contributed by atoms with E-state index in [9.17, 15) is 9.59 Å². The van der Waals surface area contributed by atoms with Gasteiger partial charge in [-0.2, -0.15) is 0 Å². The molecule has 1 aliphatic carbocycles. The summed E-state index contributed by atoms with van der Waals surface area (Å²) >= 11 is 13.9. The number of carbonyl (C=O) groups is 2. The average Bonchev–Trinajstić information content (AvgIpc) is 3.91. The van der Waals surface area contributed by atoms with E-state index in [2.05, 4.69) is 92.9 Å². The molecule has 7 rings (SSSR count). The van der Waals surface area contributed by atoms with Gasteiger partial charge in [-0.15, -0.1) is 0 Å². The summed E-state index contributed by atoms with van der Waals surface area (Å²) in [6, 6.07) is 32.7. The van der Waals surface area contributed by atoms with Crippen molar-refractivity contribution in [3.63, 3.8) is 0 Å². The fourth-order valence-electron chi connectivity index (χ4n) is 6.29. The minimum Gasteiger partial charge on any atom is -0.361 e. The minimum absolute atomic E-state index is 0.00582. The number of nitrogens with zero attached hydrogens (tertiary/aromatic N) is 2. The van der Waals surface area contributed by atoms with Gasteiger partial charge in [0.05, 0.1) is 12.1 Å². The Kier molecular flexibility index (Phi) is 11.1. The van der Waals surface area contributed by atoms with Gasteiger partial charge in [0.15, 0.2) is 0 Å². The molecule has 2 heterocycles. The van der Waals surface area contributed by atoms with Crippen molar-refractivity contribution >= 4 is 75.5 Å². The summed E-state index contributed by atoms with van der Waals surface area (Å²) in [4.78, 5) is 28.8. The quantitative estimate of drug-likeness (QED) is 0.200. The van der Waals surface area contributed by atoms with Crippen LogP contribution in [0.25, 0.3) is 0 Å². The minimum atomic E-state index is -0.444. The van der Waals surface area contributed by atoms with Crippen molar-refractivity contribution in [3.8, 4) is 0 Å². The van der Waals surface area contributed by atoms with Gasteiger partial charge >= 0.3 is 0 Å². The Morgan fingerprint density at radius 1 is 0.596 bits per heavy atom. The van der Waals surface area contributed by atoms with E-state index in [1.165, 1.54) is 0 Å². The molecule has 0 aromatic heterocycles. The Labute approximate surface area is 309 Å². The van der Waals surface area contributed by atoms with Gasteiger partial charge in [-0.3, -0.25) is 9.59 Å². The largest absolute Gasteiger partial charge is 0.361 e. The number of amides is 2. The summed E-state index contributed by atoms with van der Waals surface area (Å²) in [6.45, 7) is 1.97. The molecule has 2 saturated heterocycles. The van der Waals surface area contributed by atoms with Crippen LogP contribution in [0.15, 0.2) is 115 Å². The molecule has 2 amide bonds. The van der Waals surface area contributed by atoms with Crippen LogP contribution >= 0.6 is 63.7 Å². The highest BCUT2D eigenvalue weighted by Gasteiger charge is 2.45. The van der Waals surface area contributed by atoms with Crippen LogP contribution in [0.4, 0.5) is 0 Å². The zero-order valence-electron chi connectivity index (χ0n) is 25.9. The second-order valence-electron chi connectivity index (χ2n) is 12.0. The predicted molar refractivity (Wildman–Crippen MR) is 197 cm³/mol. The van der Waals surface area contributed by atoms with Crippen LogP contribution in [0.2, 0.25) is 0 Å². The van der Waals surface area contributed by atoms with E-state index >= 15 is 0 Å². The van der Waals surface area contributed by atoms with Crippen molar-refractivity contribution in [2.75, 3.05) is 13.7 Å². The molecule has 47 heavy (non-hydrogen) atoms. The zero-order chi connectivity index (χ0) is 33.2. The Bertz CT molecular complexity index is 1700. The van der Waals surface area contributed by atoms with Gasteiger partial charge in [-0.25, -0.2) is 0 Å². The van der Waals surface area contributed by atoms with Gasteiger partial charge in [-0.1, -0.05) is 112 Å². The highest BCUT2D eigenvalue weighted by Crippen LogP contribution is 2.46. The number of carbonyl (C=O) groups excluding carboxylic acids is 2. The molecule has 0 N–H and O–H groups in total. The van der Waals surface area contributed by atoms with E-state index in [0.717, 1.165) is 53.0 Å². The Morgan fingerprint density at radius 3 is 1.45 bits per heavy atom. The Morgan fingerprint density at radius 2 is 1.00 bits per heavy atom. The molecule has 244 valence electrons. The molecule has 0 bridgehead atoms. The van der Waals surface area contributed by atoms with Gasteiger partial charge < -0.3 is 19.3 Å². The lowest BCUT2D eigenvalue weighted by atomic mass is 9.92. The lowest BCUT2D eigenvalue weighted by molar-refractivity contribution is -0.168. The summed E-state index contributed by atoms with van der Waals surface area (Å²) < 4.78 is 16.2. The number of likely N-dealkylation sites (N-methyl/N-ethyl adjacent to an activating group) is 1. The second kappa shape index (κ2) is 15.0. The first kappa shape index (κ1) is 34.5. The van der Waals surface area contributed by atoms with Gasteiger partial charge in [0.25, 0.3) is 5.91 Å². The predicted octanol–water partition coefficient (Wildman–Crippen LogP) is 9.89. The molecule has 5 atom stereocenters. The van der Waals surface area contributed by atoms with Crippen LogP contribution in [0.3, 0.4) is 0 Å². The highest BCUT2D eigenvalue weighted by molar-refractivity contribution is 9.11. The molecule has 0 radical (unpaired) electrons. The maximum absolute atomic E-state index is 12.5. The number of rotatable bonds is 5. The van der Waals surface area contributed by atoms with Crippen LogP contribution in [0.5, 0.6) is 0 Å². The average molecular weight is 890 g/mol. The van der Waals surface area contributed by atoms with Gasteiger partial charge in [0, 0.05) is 31.0 Å². The van der Waals surface area contributed by atoms with Crippen molar-refractivity contribution < 1.29 is 19.1 Å². The van der Waals surface area contributed by atoms with E-state index in [-0.39, 0.29) is 42.7 Å². The number of ether oxygens (including phenoxy) is 2. The SMILES string of the molecule is C[C@@H]1O[C@@H](c2ccc(Br)cc2)[C@@H](c2ccc(Br)cc2)N(C)C1=O.O=C1CO[C@H](c2ccc(Br)cc2)[C@H](c2ccc(Br)cc2)N1C1CC1. The molecular formula is C37H34Br4N2O4. The lowest BCUT2D eigenvalue weighted by Crippen LogP contribution is -2.47. The van der Waals surface area contributed by atoms with Crippen LogP contribution in [-0.2, 0) is 19.1 Å². The fraction of sp³-hybridized carbons (Fsp3) is 0.297. The van der Waals surface area contributed by atoms with Gasteiger partial charge in [0.1, 0.15) is 24.9 Å². The van der Waals surface area contributed by atoms with E-state index < -0.39 is 6.10 Å². The maximum atomic E-state index is 12.5. The molecule has 4 aromatic rings. The Hall–Kier alpha value is -2.34. The standard InChI is InChI=1S/C19H17Br2NO2.C18H17Br2NO2/c20-14-5-1-12(2-6-14)18-19(13-3-7-15(21)8-4-13)24-11-17(23)22(18)16-9-10-16;1-11-18(22)21(2)16(12-3-7-14(19)8-4-12)17(23-11)13-5-9-15(20)10-6-13/h1-8,16,18-19H,9-11H2;3-11,16-17H,1-2H3/t18-,19+;11-,16+,17-/m00/s1. The summed E-state index contributed by atoms with van der Waals surface area (Å²) in [6.07, 6.45) is 1.40. The third kappa shape index (κ3) is 7.94. The summed E-state index contributed by atoms with van der Waals surface area (Å²) in [5.74, 6) is 0.102. The summed E-state index contributed by atoms with van der Waals surface area (Å²) in [5.41, 5.74) is 4.34. The third-order valence-corrected chi connectivity index (χ3v) is 10.9. The topological polar surface area (TPSA) is 59.1 Å². The van der Waals surface area contributed by atoms with E-state index in [1.54, 1.807) is 4.90 Å². The first-order valence-electron chi connectivity index (χ1n) is 15.5. The maximum Gasteiger partial charge on any atom is 0.251 e. The van der Waals surface area contributed by atoms with E-state index in [4.69, 9.17) is 9.47 Å². The summed E-state index contributed by atoms with van der Waals surface area (Å²) in [5, 5.41) is 0. The van der Waals surface area contributed by atoms with Crippen LogP contribution < -0.4 is 0 Å². The number of morpholine rings is 2. The molecule has 3 fully saturated rings. The van der Waals surface area contributed by atoms with Crippen LogP contribution in [0.1, 0.15) is 66.3 Å². The second-order valence-corrected chi connectivity index (χ2v) is 15.7. The number of benzene rings is 4. The molecule has 1 saturated carbocycles. The Balaban J connectivity index is 0.000000165. The van der Waals surface area contributed by atoms with E-state index in [1.807, 2.05) is 86.8 Å². The molecule has 4 aromatic carbocycles. The molecule has 6 nitrogen and oxygen atoms in total. The number of hydrogen-bond donors (Lipinski definition) is 0. The van der Waals surface area contributed by atoms with E-state index in [0.29, 0.717) is 6.04 Å². The molecule has 2 aliphatic heterocycles. The molecule has 10 heteroatoms. The van der Waals surface area contributed by atoms with Crippen LogP contribution in [0, 0.1) is 0 Å². The highest BCUT2D eigenvalue weighted by atomic mass is 79.9. The molecule has 0 unspecified atom stereocenters. The van der Waals surface area contributed by atoms with Crippen molar-refractivity contribution in [1.29, 1.82) is 0 Å². The normalized spacial score (nSPS) is 24.5. The summed E-state index contributed by atoms with van der Waals surface area (Å²) in [7, 11) is 1.85. The van der Waals surface area contributed by atoms with Crippen molar-refractivity contribution in [3.05, 3.63) is 137 Å². The monoisotopic (exact) mass is 886 g/mol. The molecule has 3 aliphatic rings. The number of hydrogen-bond acceptors (Lipinski definition) is 4. The molecule has 0 spiro atoms. The third-order valence-electron chi connectivity index (χ3n) is 8.77. The van der Waals surface area contributed by atoms with Crippen molar-refractivity contribution in [2.24, 2.45) is 0 Å². The smallest absolute Gasteiger partial charge is 0.251 e. The fourth-order valence-corrected chi connectivity index (χ4v) is 7.35. The zero-order valence-corrected chi connectivity index (χ0v) is 32.2. The van der Waals surface area contributed by atoms with Crippen molar-refractivity contribution in [2.45, 2.75) is 56.2 Å². The first-order chi connectivity index (χ1) is 22.6. The van der Waals surface area contributed by atoms with Gasteiger partial charge in [0.2, 0.25) is 5.91 Å². The van der Waals surface area contributed by atoms with Crippen LogP contribution in [-0.4, -0.2) is 47.4 Å². The van der Waals surface area contributed by atoms with Crippen molar-refractivity contribution in [1.82, 2.24) is 9.80 Å². The number of halogens is 4. The lowest BCUT2D eigenvalue weighted by Gasteiger charge is -2.42. The molecular weight excluding hydrogens is 856 g/mol. The van der Waals surface area contributed by atoms with Gasteiger partial charge in [-0.05, 0) is 90.6 Å². The first-order valence-corrected chi connectivity index (χ1v) is 18.6.